The van der Waals surface area contributed by atoms with Gasteiger partial charge < -0.3 is 15.5 Å². The Morgan fingerprint density at radius 3 is 2.36 bits per heavy atom. The van der Waals surface area contributed by atoms with Gasteiger partial charge in [-0.25, -0.2) is 0 Å². The van der Waals surface area contributed by atoms with E-state index in [1.807, 2.05) is 7.05 Å². The largest absolute Gasteiger partial charge is 0.355 e. The molecule has 6 heteroatoms. The van der Waals surface area contributed by atoms with Crippen LogP contribution in [0.25, 0.3) is 0 Å². The van der Waals surface area contributed by atoms with Crippen molar-refractivity contribution in [3.63, 3.8) is 0 Å². The molecule has 2 N–H and O–H groups in total. The first-order valence-electron chi connectivity index (χ1n) is 8.66. The molecular formula is C16H34IN5. The molecule has 1 aliphatic carbocycles. The van der Waals surface area contributed by atoms with E-state index in [1.54, 1.807) is 0 Å². The summed E-state index contributed by atoms with van der Waals surface area (Å²) in [5.74, 6) is 0.973. The van der Waals surface area contributed by atoms with E-state index in [-0.39, 0.29) is 24.0 Å². The molecule has 1 aliphatic heterocycles. The molecule has 2 aliphatic rings. The molecule has 0 amide bonds. The molecule has 130 valence electrons. The van der Waals surface area contributed by atoms with E-state index >= 15 is 0 Å². The van der Waals surface area contributed by atoms with Crippen molar-refractivity contribution in [1.29, 1.82) is 0 Å². The van der Waals surface area contributed by atoms with Gasteiger partial charge in [-0.05, 0) is 26.3 Å². The van der Waals surface area contributed by atoms with E-state index in [0.29, 0.717) is 12.1 Å². The van der Waals surface area contributed by atoms with Crippen molar-refractivity contribution in [1.82, 2.24) is 20.4 Å². The maximum absolute atomic E-state index is 4.36. The van der Waals surface area contributed by atoms with Crippen LogP contribution in [0.15, 0.2) is 4.99 Å². The second-order valence-corrected chi connectivity index (χ2v) is 6.40. The van der Waals surface area contributed by atoms with Crippen molar-refractivity contribution in [3.8, 4) is 0 Å². The minimum atomic E-state index is 0. The van der Waals surface area contributed by atoms with E-state index < -0.39 is 0 Å². The SMILES string of the molecule is CCN1CCN(C(C)CNC(=NC)NC2CCCC2)CC1.I. The Kier molecular flexibility index (Phi) is 9.66. The summed E-state index contributed by atoms with van der Waals surface area (Å²) in [5, 5.41) is 7.05. The minimum Gasteiger partial charge on any atom is -0.355 e. The molecule has 1 saturated carbocycles. The zero-order valence-electron chi connectivity index (χ0n) is 14.5. The van der Waals surface area contributed by atoms with Crippen LogP contribution in [-0.4, -0.2) is 74.2 Å². The van der Waals surface area contributed by atoms with Crippen molar-refractivity contribution in [2.75, 3.05) is 46.3 Å². The Morgan fingerprint density at radius 1 is 1.18 bits per heavy atom. The quantitative estimate of drug-likeness (QED) is 0.402. The number of nitrogens with zero attached hydrogens (tertiary/aromatic N) is 3. The zero-order valence-corrected chi connectivity index (χ0v) is 16.8. The van der Waals surface area contributed by atoms with Crippen LogP contribution in [0.5, 0.6) is 0 Å². The molecule has 2 rings (SSSR count). The molecule has 22 heavy (non-hydrogen) atoms. The number of nitrogens with one attached hydrogen (secondary N) is 2. The van der Waals surface area contributed by atoms with Crippen LogP contribution in [0.3, 0.4) is 0 Å². The van der Waals surface area contributed by atoms with Gasteiger partial charge in [0, 0.05) is 51.9 Å². The average molecular weight is 423 g/mol. The lowest BCUT2D eigenvalue weighted by molar-refractivity contribution is 0.107. The fraction of sp³-hybridized carbons (Fsp3) is 0.938. The minimum absolute atomic E-state index is 0. The van der Waals surface area contributed by atoms with Gasteiger partial charge in [0.1, 0.15) is 0 Å². The van der Waals surface area contributed by atoms with Crippen LogP contribution in [-0.2, 0) is 0 Å². The molecule has 0 aromatic heterocycles. The molecule has 1 heterocycles. The Hall–Kier alpha value is -0.0800. The smallest absolute Gasteiger partial charge is 0.191 e. The van der Waals surface area contributed by atoms with Crippen molar-refractivity contribution in [2.45, 2.75) is 51.6 Å². The lowest BCUT2D eigenvalue weighted by Crippen LogP contribution is -2.53. The van der Waals surface area contributed by atoms with Gasteiger partial charge in [-0.15, -0.1) is 24.0 Å². The summed E-state index contributed by atoms with van der Waals surface area (Å²) >= 11 is 0. The fourth-order valence-electron chi connectivity index (χ4n) is 3.35. The highest BCUT2D eigenvalue weighted by atomic mass is 127. The fourth-order valence-corrected chi connectivity index (χ4v) is 3.35. The number of likely N-dealkylation sites (N-methyl/N-ethyl adjacent to an activating group) is 1. The lowest BCUT2D eigenvalue weighted by atomic mass is 10.2. The first-order valence-corrected chi connectivity index (χ1v) is 8.66. The number of rotatable bonds is 5. The molecule has 0 radical (unpaired) electrons. The van der Waals surface area contributed by atoms with Gasteiger partial charge in [0.2, 0.25) is 0 Å². The third-order valence-electron chi connectivity index (χ3n) is 4.96. The molecule has 1 saturated heterocycles. The molecule has 0 aromatic carbocycles. The summed E-state index contributed by atoms with van der Waals surface area (Å²) in [4.78, 5) is 9.47. The highest BCUT2D eigenvalue weighted by molar-refractivity contribution is 14.0. The van der Waals surface area contributed by atoms with Gasteiger partial charge in [-0.1, -0.05) is 19.8 Å². The number of halogens is 1. The standard InChI is InChI=1S/C16H33N5.HI/c1-4-20-9-11-21(12-10-20)14(2)13-18-16(17-3)19-15-7-5-6-8-15;/h14-15H,4-13H2,1-3H3,(H2,17,18,19);1H. The van der Waals surface area contributed by atoms with Crippen LogP contribution in [0.1, 0.15) is 39.5 Å². The van der Waals surface area contributed by atoms with E-state index in [4.69, 9.17) is 0 Å². The predicted molar refractivity (Wildman–Crippen MR) is 105 cm³/mol. The van der Waals surface area contributed by atoms with Gasteiger partial charge in [-0.2, -0.15) is 0 Å². The summed E-state index contributed by atoms with van der Waals surface area (Å²) < 4.78 is 0. The van der Waals surface area contributed by atoms with E-state index in [1.165, 1.54) is 58.4 Å². The van der Waals surface area contributed by atoms with E-state index in [0.717, 1.165) is 12.5 Å². The highest BCUT2D eigenvalue weighted by Gasteiger charge is 2.21. The van der Waals surface area contributed by atoms with Gasteiger partial charge in [-0.3, -0.25) is 9.89 Å². The van der Waals surface area contributed by atoms with E-state index in [9.17, 15) is 0 Å². The summed E-state index contributed by atoms with van der Waals surface area (Å²) in [6.45, 7) is 11.5. The monoisotopic (exact) mass is 423 g/mol. The summed E-state index contributed by atoms with van der Waals surface area (Å²) in [7, 11) is 1.87. The van der Waals surface area contributed by atoms with Crippen LogP contribution in [0, 0.1) is 0 Å². The molecule has 1 unspecified atom stereocenters. The second kappa shape index (κ2) is 10.6. The third-order valence-corrected chi connectivity index (χ3v) is 4.96. The summed E-state index contributed by atoms with van der Waals surface area (Å²) in [6.07, 6.45) is 5.28. The predicted octanol–water partition coefficient (Wildman–Crippen LogP) is 1.74. The number of guanidine groups is 1. The average Bonchev–Trinajstić information content (AvgIpc) is 3.04. The Labute approximate surface area is 153 Å². The zero-order chi connectivity index (χ0) is 15.1. The summed E-state index contributed by atoms with van der Waals surface area (Å²) in [5.41, 5.74) is 0. The summed E-state index contributed by atoms with van der Waals surface area (Å²) in [6, 6.07) is 1.19. The first kappa shape index (κ1) is 20.0. The molecular weight excluding hydrogens is 389 g/mol. The maximum Gasteiger partial charge on any atom is 0.191 e. The highest BCUT2D eigenvalue weighted by Crippen LogP contribution is 2.17. The normalized spacial score (nSPS) is 23.1. The van der Waals surface area contributed by atoms with Crippen LogP contribution >= 0.6 is 24.0 Å². The Bertz CT molecular complexity index is 322. The number of hydrogen-bond donors (Lipinski definition) is 2. The Balaban J connectivity index is 0.00000242. The molecule has 0 aromatic rings. The number of hydrogen-bond acceptors (Lipinski definition) is 3. The van der Waals surface area contributed by atoms with Crippen LogP contribution < -0.4 is 10.6 Å². The molecule has 1 atom stereocenters. The Morgan fingerprint density at radius 2 is 1.82 bits per heavy atom. The van der Waals surface area contributed by atoms with Gasteiger partial charge in [0.25, 0.3) is 0 Å². The maximum atomic E-state index is 4.36. The van der Waals surface area contributed by atoms with Crippen molar-refractivity contribution in [3.05, 3.63) is 0 Å². The third kappa shape index (κ3) is 6.20. The van der Waals surface area contributed by atoms with Crippen LogP contribution in [0.4, 0.5) is 0 Å². The molecule has 5 nitrogen and oxygen atoms in total. The van der Waals surface area contributed by atoms with E-state index in [2.05, 4.69) is 39.3 Å². The number of piperazine rings is 1. The van der Waals surface area contributed by atoms with Gasteiger partial charge in [0.15, 0.2) is 5.96 Å². The topological polar surface area (TPSA) is 42.9 Å². The van der Waals surface area contributed by atoms with Gasteiger partial charge >= 0.3 is 0 Å². The van der Waals surface area contributed by atoms with Gasteiger partial charge in [0.05, 0.1) is 0 Å². The molecule has 2 fully saturated rings. The van der Waals surface area contributed by atoms with Crippen LogP contribution in [0.2, 0.25) is 0 Å². The number of aliphatic imine (C=N–C) groups is 1. The molecule has 0 bridgehead atoms. The van der Waals surface area contributed by atoms with Crippen molar-refractivity contribution < 1.29 is 0 Å². The first-order chi connectivity index (χ1) is 10.2. The molecule has 0 spiro atoms. The second-order valence-electron chi connectivity index (χ2n) is 6.40. The van der Waals surface area contributed by atoms with Crippen molar-refractivity contribution >= 4 is 29.9 Å². The van der Waals surface area contributed by atoms with Crippen molar-refractivity contribution in [2.24, 2.45) is 4.99 Å². The lowest BCUT2D eigenvalue weighted by Gasteiger charge is -2.37.